The van der Waals surface area contributed by atoms with Crippen LogP contribution in [0.3, 0.4) is 0 Å². The smallest absolute Gasteiger partial charge is 0.309 e. The van der Waals surface area contributed by atoms with Crippen LogP contribution in [0.15, 0.2) is 0 Å². The SMILES string of the molecule is COC(OC)(OC)C(O)CCC(N)(N)N. The zero-order valence-electron chi connectivity index (χ0n) is 9.40. The van der Waals surface area contributed by atoms with Crippen LogP contribution in [0.25, 0.3) is 0 Å². The molecule has 0 radical (unpaired) electrons. The number of ether oxygens (including phenoxy) is 3. The minimum absolute atomic E-state index is 0.193. The van der Waals surface area contributed by atoms with Crippen LogP contribution in [-0.2, 0) is 14.2 Å². The summed E-state index contributed by atoms with van der Waals surface area (Å²) < 4.78 is 14.8. The first-order valence-electron chi connectivity index (χ1n) is 4.51. The molecule has 0 aromatic carbocycles. The molecular weight excluding hydrogens is 202 g/mol. The molecule has 0 amide bonds. The van der Waals surface area contributed by atoms with Crippen molar-refractivity contribution in [1.82, 2.24) is 0 Å². The van der Waals surface area contributed by atoms with Gasteiger partial charge in [-0.1, -0.05) is 0 Å². The van der Waals surface area contributed by atoms with Crippen LogP contribution in [-0.4, -0.2) is 44.3 Å². The van der Waals surface area contributed by atoms with Gasteiger partial charge in [0.15, 0.2) is 0 Å². The van der Waals surface area contributed by atoms with Gasteiger partial charge in [0.2, 0.25) is 0 Å². The molecule has 1 atom stereocenters. The molecule has 0 spiro atoms. The summed E-state index contributed by atoms with van der Waals surface area (Å²) in [5.74, 6) is -2.84. The maximum atomic E-state index is 9.78. The Balaban J connectivity index is 4.33. The lowest BCUT2D eigenvalue weighted by Crippen LogP contribution is -2.59. The van der Waals surface area contributed by atoms with Gasteiger partial charge in [0.05, 0.1) is 0 Å². The summed E-state index contributed by atoms with van der Waals surface area (Å²) >= 11 is 0. The second kappa shape index (κ2) is 5.71. The van der Waals surface area contributed by atoms with E-state index in [9.17, 15) is 5.11 Å². The molecule has 0 saturated heterocycles. The van der Waals surface area contributed by atoms with Crippen molar-refractivity contribution in [2.24, 2.45) is 17.2 Å². The Labute approximate surface area is 89.4 Å². The summed E-state index contributed by atoms with van der Waals surface area (Å²) in [7, 11) is 4.07. The van der Waals surface area contributed by atoms with Gasteiger partial charge in [0, 0.05) is 21.3 Å². The lowest BCUT2D eigenvalue weighted by Gasteiger charge is -2.34. The fourth-order valence-electron chi connectivity index (χ4n) is 1.22. The molecule has 0 aliphatic heterocycles. The van der Waals surface area contributed by atoms with Crippen molar-refractivity contribution in [1.29, 1.82) is 0 Å². The van der Waals surface area contributed by atoms with Crippen LogP contribution in [0.1, 0.15) is 12.8 Å². The lowest BCUT2D eigenvalue weighted by atomic mass is 10.1. The van der Waals surface area contributed by atoms with Crippen molar-refractivity contribution < 1.29 is 19.3 Å². The fraction of sp³-hybridized carbons (Fsp3) is 1.00. The van der Waals surface area contributed by atoms with Crippen LogP contribution in [0.2, 0.25) is 0 Å². The summed E-state index contributed by atoms with van der Waals surface area (Å²) in [6, 6.07) is 0. The topological polar surface area (TPSA) is 126 Å². The van der Waals surface area contributed by atoms with E-state index < -0.39 is 17.9 Å². The quantitative estimate of drug-likeness (QED) is 0.377. The molecule has 92 valence electrons. The number of aliphatic hydroxyl groups excluding tert-OH is 1. The lowest BCUT2D eigenvalue weighted by molar-refractivity contribution is -0.389. The van der Waals surface area contributed by atoms with Gasteiger partial charge in [-0.25, -0.2) is 0 Å². The molecule has 0 saturated carbocycles. The van der Waals surface area contributed by atoms with Gasteiger partial charge in [-0.2, -0.15) is 0 Å². The zero-order chi connectivity index (χ0) is 12.1. The fourth-order valence-corrected chi connectivity index (χ4v) is 1.22. The summed E-state index contributed by atoms with van der Waals surface area (Å²) in [5, 5.41) is 9.78. The van der Waals surface area contributed by atoms with Crippen LogP contribution in [0.5, 0.6) is 0 Å². The second-order valence-electron chi connectivity index (χ2n) is 3.38. The Morgan fingerprint density at radius 3 is 1.73 bits per heavy atom. The molecule has 7 nitrogen and oxygen atoms in total. The van der Waals surface area contributed by atoms with Crippen molar-refractivity contribution in [2.75, 3.05) is 21.3 Å². The molecular formula is C8H21N3O4. The molecule has 0 fully saturated rings. The van der Waals surface area contributed by atoms with Gasteiger partial charge in [-0.3, -0.25) is 0 Å². The molecule has 7 heteroatoms. The molecule has 0 heterocycles. The Hall–Kier alpha value is -0.280. The molecule has 1 unspecified atom stereocenters. The maximum Gasteiger partial charge on any atom is 0.309 e. The summed E-state index contributed by atoms with van der Waals surface area (Å²) in [6.07, 6.45) is -0.641. The van der Waals surface area contributed by atoms with Gasteiger partial charge >= 0.3 is 5.97 Å². The molecule has 7 N–H and O–H groups in total. The number of nitrogens with two attached hydrogens (primary N) is 3. The van der Waals surface area contributed by atoms with Gasteiger partial charge < -0.3 is 36.5 Å². The van der Waals surface area contributed by atoms with E-state index in [2.05, 4.69) is 0 Å². The minimum atomic E-state index is -1.51. The third-order valence-electron chi connectivity index (χ3n) is 2.11. The van der Waals surface area contributed by atoms with Crippen LogP contribution in [0.4, 0.5) is 0 Å². The normalized spacial score (nSPS) is 15.4. The Morgan fingerprint density at radius 2 is 1.47 bits per heavy atom. The largest absolute Gasteiger partial charge is 0.385 e. The van der Waals surface area contributed by atoms with Gasteiger partial charge in [-0.15, -0.1) is 0 Å². The van der Waals surface area contributed by atoms with Gasteiger partial charge in [0.25, 0.3) is 0 Å². The highest BCUT2D eigenvalue weighted by Gasteiger charge is 2.39. The number of rotatable bonds is 7. The highest BCUT2D eigenvalue weighted by molar-refractivity contribution is 4.75. The van der Waals surface area contributed by atoms with E-state index in [-0.39, 0.29) is 12.8 Å². The van der Waals surface area contributed by atoms with E-state index in [4.69, 9.17) is 31.4 Å². The molecule has 0 aromatic rings. The summed E-state index contributed by atoms with van der Waals surface area (Å²) in [5.41, 5.74) is 16.1. The predicted molar refractivity (Wildman–Crippen MR) is 54.3 cm³/mol. The molecule has 15 heavy (non-hydrogen) atoms. The van der Waals surface area contributed by atoms with E-state index in [0.717, 1.165) is 0 Å². The zero-order valence-corrected chi connectivity index (χ0v) is 9.40. The standard InChI is InChI=1S/C8H21N3O4/c1-13-8(14-2,15-3)6(12)4-5-7(9,10)11/h6,12H,4-5,9-11H2,1-3H3. The van der Waals surface area contributed by atoms with Crippen LogP contribution >= 0.6 is 0 Å². The molecule has 0 aromatic heterocycles. The third kappa shape index (κ3) is 4.39. The van der Waals surface area contributed by atoms with E-state index in [1.54, 1.807) is 0 Å². The molecule has 0 rings (SSSR count). The van der Waals surface area contributed by atoms with Gasteiger partial charge in [0.1, 0.15) is 11.9 Å². The number of hydrogen-bond donors (Lipinski definition) is 4. The van der Waals surface area contributed by atoms with Crippen molar-refractivity contribution in [3.05, 3.63) is 0 Å². The average molecular weight is 223 g/mol. The van der Waals surface area contributed by atoms with Crippen LogP contribution in [0, 0.1) is 0 Å². The van der Waals surface area contributed by atoms with E-state index >= 15 is 0 Å². The Kier molecular flexibility index (Phi) is 5.60. The van der Waals surface area contributed by atoms with Crippen molar-refractivity contribution in [2.45, 2.75) is 30.7 Å². The highest BCUT2D eigenvalue weighted by atomic mass is 16.9. The highest BCUT2D eigenvalue weighted by Crippen LogP contribution is 2.21. The van der Waals surface area contributed by atoms with Crippen molar-refractivity contribution in [3.8, 4) is 0 Å². The van der Waals surface area contributed by atoms with E-state index in [1.165, 1.54) is 21.3 Å². The number of methoxy groups -OCH3 is 3. The summed E-state index contributed by atoms with van der Waals surface area (Å²) in [6.45, 7) is 0. The second-order valence-corrected chi connectivity index (χ2v) is 3.38. The monoisotopic (exact) mass is 223 g/mol. The molecule has 0 aliphatic rings. The third-order valence-corrected chi connectivity index (χ3v) is 2.11. The summed E-state index contributed by atoms with van der Waals surface area (Å²) in [4.78, 5) is 0. The maximum absolute atomic E-state index is 9.78. The molecule has 0 aliphatic carbocycles. The first-order valence-corrected chi connectivity index (χ1v) is 4.51. The van der Waals surface area contributed by atoms with Gasteiger partial charge in [-0.05, 0) is 12.8 Å². The molecule has 0 bridgehead atoms. The van der Waals surface area contributed by atoms with E-state index in [1.807, 2.05) is 0 Å². The first kappa shape index (κ1) is 14.7. The average Bonchev–Trinajstić information content (AvgIpc) is 2.17. The predicted octanol–water partition coefficient (Wildman–Crippen LogP) is -1.75. The Morgan fingerprint density at radius 1 is 1.07 bits per heavy atom. The first-order chi connectivity index (χ1) is 6.81. The number of aliphatic hydroxyl groups is 1. The van der Waals surface area contributed by atoms with Crippen molar-refractivity contribution >= 4 is 0 Å². The number of hydrogen-bond acceptors (Lipinski definition) is 7. The minimum Gasteiger partial charge on any atom is -0.385 e. The van der Waals surface area contributed by atoms with E-state index in [0.29, 0.717) is 0 Å². The van der Waals surface area contributed by atoms with Crippen LogP contribution < -0.4 is 17.2 Å². The van der Waals surface area contributed by atoms with Crippen molar-refractivity contribution in [3.63, 3.8) is 0 Å². The Bertz CT molecular complexity index is 171.